The van der Waals surface area contributed by atoms with Gasteiger partial charge in [0, 0.05) is 42.8 Å². The minimum Gasteiger partial charge on any atom is -0.495 e. The molecule has 0 unspecified atom stereocenters. The molecule has 0 aromatic heterocycles. The van der Waals surface area contributed by atoms with Crippen molar-refractivity contribution < 1.29 is 4.74 Å². The molecule has 1 aliphatic rings. The highest BCUT2D eigenvalue weighted by Crippen LogP contribution is 2.33. The minimum atomic E-state index is 0.933. The van der Waals surface area contributed by atoms with Crippen molar-refractivity contribution >= 4 is 31.9 Å². The number of methoxy groups -OCH3 is 1. The molecule has 5 heteroatoms. The maximum Gasteiger partial charge on any atom is 0.137 e. The van der Waals surface area contributed by atoms with Gasteiger partial charge in [-0.15, -0.1) is 0 Å². The van der Waals surface area contributed by atoms with Crippen LogP contribution in [0, 0.1) is 0 Å². The monoisotopic (exact) mass is 362 g/mol. The van der Waals surface area contributed by atoms with Crippen LogP contribution in [0.3, 0.4) is 0 Å². The fraction of sp³-hybridized carbons (Fsp3) is 0.500. The third-order valence-electron chi connectivity index (χ3n) is 2.89. The van der Waals surface area contributed by atoms with Crippen LogP contribution in [0.15, 0.2) is 21.1 Å². The van der Waals surface area contributed by atoms with Gasteiger partial charge in [0.2, 0.25) is 0 Å². The average molecular weight is 364 g/mol. The van der Waals surface area contributed by atoms with E-state index < -0.39 is 0 Å². The molecule has 1 fully saturated rings. The van der Waals surface area contributed by atoms with Gasteiger partial charge in [-0.3, -0.25) is 4.90 Å². The zero-order valence-electron chi connectivity index (χ0n) is 9.80. The first-order chi connectivity index (χ1) is 8.20. The number of benzene rings is 1. The van der Waals surface area contributed by atoms with Crippen molar-refractivity contribution in [3.63, 3.8) is 0 Å². The van der Waals surface area contributed by atoms with E-state index in [0.29, 0.717) is 0 Å². The second-order valence-corrected chi connectivity index (χ2v) is 5.88. The Hall–Kier alpha value is -0.100. The second-order valence-electron chi connectivity index (χ2n) is 4.11. The summed E-state index contributed by atoms with van der Waals surface area (Å²) in [4.78, 5) is 2.44. The molecule has 1 N–H and O–H groups in total. The molecule has 3 nitrogen and oxygen atoms in total. The van der Waals surface area contributed by atoms with E-state index in [2.05, 4.69) is 48.1 Å². The van der Waals surface area contributed by atoms with Crippen molar-refractivity contribution in [1.82, 2.24) is 10.2 Å². The molecule has 1 aromatic rings. The molecule has 94 valence electrons. The van der Waals surface area contributed by atoms with E-state index in [0.717, 1.165) is 47.4 Å². The Balaban J connectivity index is 2.18. The summed E-state index contributed by atoms with van der Waals surface area (Å²) in [5.74, 6) is 0.937. The second kappa shape index (κ2) is 6.18. The summed E-state index contributed by atoms with van der Waals surface area (Å²) in [5.41, 5.74) is 1.22. The van der Waals surface area contributed by atoms with Crippen LogP contribution in [0.5, 0.6) is 5.75 Å². The first kappa shape index (κ1) is 13.3. The Morgan fingerprint density at radius 1 is 1.29 bits per heavy atom. The Morgan fingerprint density at radius 3 is 2.65 bits per heavy atom. The van der Waals surface area contributed by atoms with Crippen molar-refractivity contribution in [2.24, 2.45) is 0 Å². The first-order valence-electron chi connectivity index (χ1n) is 5.65. The van der Waals surface area contributed by atoms with Gasteiger partial charge >= 0.3 is 0 Å². The maximum absolute atomic E-state index is 5.46. The van der Waals surface area contributed by atoms with Crippen LogP contribution in [0.2, 0.25) is 0 Å². The fourth-order valence-electron chi connectivity index (χ4n) is 2.07. The fourth-order valence-corrected chi connectivity index (χ4v) is 3.55. The van der Waals surface area contributed by atoms with Crippen molar-refractivity contribution in [3.8, 4) is 5.75 Å². The first-order valence-corrected chi connectivity index (χ1v) is 7.24. The van der Waals surface area contributed by atoms with Gasteiger partial charge in [0.1, 0.15) is 5.75 Å². The predicted molar refractivity (Wildman–Crippen MR) is 76.5 cm³/mol. The third kappa shape index (κ3) is 3.44. The quantitative estimate of drug-likeness (QED) is 0.893. The molecular formula is C12H16Br2N2O. The molecular weight excluding hydrogens is 348 g/mol. The molecule has 0 spiro atoms. The molecule has 0 radical (unpaired) electrons. The molecule has 0 amide bonds. The lowest BCUT2D eigenvalue weighted by molar-refractivity contribution is 0.230. The number of hydrogen-bond acceptors (Lipinski definition) is 3. The van der Waals surface area contributed by atoms with Gasteiger partial charge in [0.05, 0.1) is 11.6 Å². The number of ether oxygens (including phenoxy) is 1. The smallest absolute Gasteiger partial charge is 0.137 e. The number of piperazine rings is 1. The molecule has 1 aromatic carbocycles. The molecule has 2 rings (SSSR count). The van der Waals surface area contributed by atoms with Crippen LogP contribution in [-0.4, -0.2) is 38.2 Å². The summed E-state index contributed by atoms with van der Waals surface area (Å²) >= 11 is 7.06. The van der Waals surface area contributed by atoms with Gasteiger partial charge in [-0.2, -0.15) is 0 Å². The highest BCUT2D eigenvalue weighted by atomic mass is 79.9. The summed E-state index contributed by atoms with van der Waals surface area (Å²) < 4.78 is 7.54. The van der Waals surface area contributed by atoms with Gasteiger partial charge in [-0.25, -0.2) is 0 Å². The normalized spacial score (nSPS) is 17.1. The number of nitrogens with zero attached hydrogens (tertiary/aromatic N) is 1. The zero-order chi connectivity index (χ0) is 12.3. The van der Waals surface area contributed by atoms with Crippen LogP contribution in [0.25, 0.3) is 0 Å². The van der Waals surface area contributed by atoms with Crippen LogP contribution in [0.1, 0.15) is 5.56 Å². The lowest BCUT2D eigenvalue weighted by Crippen LogP contribution is -2.42. The minimum absolute atomic E-state index is 0.933. The maximum atomic E-state index is 5.46. The van der Waals surface area contributed by atoms with E-state index in [-0.39, 0.29) is 0 Å². The van der Waals surface area contributed by atoms with Crippen molar-refractivity contribution in [1.29, 1.82) is 0 Å². The van der Waals surface area contributed by atoms with Gasteiger partial charge in [0.25, 0.3) is 0 Å². The number of halogens is 2. The van der Waals surface area contributed by atoms with Crippen molar-refractivity contribution in [3.05, 3.63) is 26.6 Å². The Morgan fingerprint density at radius 2 is 2.00 bits per heavy atom. The van der Waals surface area contributed by atoms with Gasteiger partial charge < -0.3 is 10.1 Å². The lowest BCUT2D eigenvalue weighted by Gasteiger charge is -2.28. The van der Waals surface area contributed by atoms with Gasteiger partial charge in [0.15, 0.2) is 0 Å². The molecule has 1 saturated heterocycles. The predicted octanol–water partition coefficient (Wildman–Crippen LogP) is 2.63. The zero-order valence-corrected chi connectivity index (χ0v) is 13.0. The Bertz CT molecular complexity index is 392. The van der Waals surface area contributed by atoms with E-state index >= 15 is 0 Å². The van der Waals surface area contributed by atoms with Crippen LogP contribution < -0.4 is 10.1 Å². The summed E-state index contributed by atoms with van der Waals surface area (Å²) in [7, 11) is 1.72. The number of rotatable bonds is 3. The summed E-state index contributed by atoms with van der Waals surface area (Å²) in [6, 6.07) is 4.14. The third-order valence-corrected chi connectivity index (χ3v) is 3.94. The number of nitrogens with one attached hydrogen (secondary N) is 1. The molecule has 0 atom stereocenters. The van der Waals surface area contributed by atoms with Crippen LogP contribution in [0.4, 0.5) is 0 Å². The molecule has 1 heterocycles. The van der Waals surface area contributed by atoms with E-state index in [1.807, 2.05) is 6.07 Å². The van der Waals surface area contributed by atoms with Crippen molar-refractivity contribution in [2.45, 2.75) is 6.54 Å². The van der Waals surface area contributed by atoms with E-state index in [1.54, 1.807) is 7.11 Å². The standard InChI is InChI=1S/C12H16Br2N2O/c1-17-12-9(6-10(13)7-11(12)14)8-16-4-2-15-3-5-16/h6-7,15H,2-5,8H2,1H3. The van der Waals surface area contributed by atoms with Crippen molar-refractivity contribution in [2.75, 3.05) is 33.3 Å². The Labute approximate surface area is 119 Å². The molecule has 0 saturated carbocycles. The summed E-state index contributed by atoms with van der Waals surface area (Å²) in [6.07, 6.45) is 0. The molecule has 0 bridgehead atoms. The van der Waals surface area contributed by atoms with E-state index in [4.69, 9.17) is 4.74 Å². The Kier molecular flexibility index (Phi) is 4.85. The SMILES string of the molecule is COc1c(Br)cc(Br)cc1CN1CCNCC1. The average Bonchev–Trinajstić information content (AvgIpc) is 2.30. The number of hydrogen-bond donors (Lipinski definition) is 1. The summed E-state index contributed by atoms with van der Waals surface area (Å²) in [6.45, 7) is 5.25. The topological polar surface area (TPSA) is 24.5 Å². The highest BCUT2D eigenvalue weighted by molar-refractivity contribution is 9.11. The molecule has 17 heavy (non-hydrogen) atoms. The largest absolute Gasteiger partial charge is 0.495 e. The lowest BCUT2D eigenvalue weighted by atomic mass is 10.2. The van der Waals surface area contributed by atoms with E-state index in [9.17, 15) is 0 Å². The van der Waals surface area contributed by atoms with Gasteiger partial charge in [-0.05, 0) is 28.1 Å². The highest BCUT2D eigenvalue weighted by Gasteiger charge is 2.15. The van der Waals surface area contributed by atoms with E-state index in [1.165, 1.54) is 5.56 Å². The summed E-state index contributed by atoms with van der Waals surface area (Å²) in [5, 5.41) is 3.36. The van der Waals surface area contributed by atoms with Crippen LogP contribution in [-0.2, 0) is 6.54 Å². The molecule has 0 aliphatic carbocycles. The van der Waals surface area contributed by atoms with Crippen LogP contribution >= 0.6 is 31.9 Å². The molecule has 1 aliphatic heterocycles. The van der Waals surface area contributed by atoms with Gasteiger partial charge in [-0.1, -0.05) is 15.9 Å².